The topological polar surface area (TPSA) is 49.4 Å². The van der Waals surface area contributed by atoms with Crippen LogP contribution >= 0.6 is 0 Å². The van der Waals surface area contributed by atoms with Crippen LogP contribution in [0.2, 0.25) is 0 Å². The third-order valence-electron chi connectivity index (χ3n) is 3.86. The summed E-state index contributed by atoms with van der Waals surface area (Å²) in [5.74, 6) is 0.184. The van der Waals surface area contributed by atoms with Crippen LogP contribution in [-0.4, -0.2) is 35.2 Å². The Morgan fingerprint density at radius 2 is 2.05 bits per heavy atom. The fourth-order valence-electron chi connectivity index (χ4n) is 2.84. The minimum atomic E-state index is -0.206. The number of benzene rings is 1. The van der Waals surface area contributed by atoms with Gasteiger partial charge in [0.1, 0.15) is 5.78 Å². The zero-order chi connectivity index (χ0) is 14.5. The second-order valence-corrected chi connectivity index (χ2v) is 5.47. The average Bonchev–Trinajstić information content (AvgIpc) is 2.86. The molecule has 1 aliphatic rings. The number of carbonyl (C=O) groups excluding carboxylic acids is 2. The lowest BCUT2D eigenvalue weighted by atomic mass is 10.1. The molecule has 1 aromatic carbocycles. The summed E-state index contributed by atoms with van der Waals surface area (Å²) in [6, 6.07) is 9.47. The number of ketones is 1. The van der Waals surface area contributed by atoms with Crippen LogP contribution in [0.4, 0.5) is 5.69 Å². The maximum atomic E-state index is 12.3. The van der Waals surface area contributed by atoms with Crippen LogP contribution in [0.1, 0.15) is 33.1 Å². The minimum absolute atomic E-state index is 0.00773. The molecule has 20 heavy (non-hydrogen) atoms. The van der Waals surface area contributed by atoms with Crippen molar-refractivity contribution in [3.8, 4) is 0 Å². The molecule has 0 saturated carbocycles. The number of hydrogen-bond acceptors (Lipinski definition) is 3. The summed E-state index contributed by atoms with van der Waals surface area (Å²) in [5.41, 5.74) is 0.812. The second kappa shape index (κ2) is 6.66. The third kappa shape index (κ3) is 3.67. The minimum Gasteiger partial charge on any atom is -0.325 e. The molecule has 0 aliphatic carbocycles. The van der Waals surface area contributed by atoms with Crippen molar-refractivity contribution in [2.24, 2.45) is 0 Å². The van der Waals surface area contributed by atoms with Gasteiger partial charge in [-0.2, -0.15) is 0 Å². The largest absolute Gasteiger partial charge is 0.325 e. The van der Waals surface area contributed by atoms with E-state index in [0.29, 0.717) is 6.42 Å². The Labute approximate surface area is 120 Å². The Morgan fingerprint density at radius 1 is 1.35 bits per heavy atom. The van der Waals surface area contributed by atoms with Crippen molar-refractivity contribution >= 4 is 17.4 Å². The number of nitrogens with one attached hydrogen (secondary N) is 1. The van der Waals surface area contributed by atoms with E-state index in [4.69, 9.17) is 0 Å². The van der Waals surface area contributed by atoms with Crippen molar-refractivity contribution in [2.45, 2.75) is 45.2 Å². The number of para-hydroxylation sites is 1. The second-order valence-electron chi connectivity index (χ2n) is 5.47. The molecule has 1 aliphatic heterocycles. The summed E-state index contributed by atoms with van der Waals surface area (Å²) < 4.78 is 0. The first-order chi connectivity index (χ1) is 9.58. The van der Waals surface area contributed by atoms with Gasteiger partial charge in [0.15, 0.2) is 0 Å². The maximum Gasteiger partial charge on any atom is 0.241 e. The van der Waals surface area contributed by atoms with Crippen LogP contribution in [0.5, 0.6) is 0 Å². The lowest BCUT2D eigenvalue weighted by Crippen LogP contribution is -2.45. The van der Waals surface area contributed by atoms with Gasteiger partial charge in [0, 0.05) is 18.2 Å². The molecular weight excluding hydrogens is 252 g/mol. The standard InChI is InChI=1S/C16H22N2O2/c1-12(19)11-15-9-6-10-18(15)13(2)16(20)17-14-7-4-3-5-8-14/h3-5,7-8,13,15H,6,9-11H2,1-2H3,(H,17,20). The molecule has 0 aromatic heterocycles. The fourth-order valence-corrected chi connectivity index (χ4v) is 2.84. The van der Waals surface area contributed by atoms with E-state index in [9.17, 15) is 9.59 Å². The number of nitrogens with zero attached hydrogens (tertiary/aromatic N) is 1. The van der Waals surface area contributed by atoms with E-state index in [1.807, 2.05) is 37.3 Å². The molecule has 1 N–H and O–H groups in total. The van der Waals surface area contributed by atoms with Crippen molar-refractivity contribution < 1.29 is 9.59 Å². The van der Waals surface area contributed by atoms with Crippen molar-refractivity contribution in [1.82, 2.24) is 4.90 Å². The summed E-state index contributed by atoms with van der Waals surface area (Å²) in [7, 11) is 0. The number of Topliss-reactive ketones (excluding diaryl/α,β-unsaturated/α-hetero) is 1. The Kier molecular flexibility index (Phi) is 4.90. The summed E-state index contributed by atoms with van der Waals surface area (Å²) in [6.07, 6.45) is 2.60. The zero-order valence-electron chi connectivity index (χ0n) is 12.1. The summed E-state index contributed by atoms with van der Waals surface area (Å²) in [4.78, 5) is 25.7. The lowest BCUT2D eigenvalue weighted by molar-refractivity contribution is -0.123. The fraction of sp³-hybridized carbons (Fsp3) is 0.500. The molecule has 1 saturated heterocycles. The van der Waals surface area contributed by atoms with Crippen LogP contribution in [-0.2, 0) is 9.59 Å². The molecule has 0 spiro atoms. The van der Waals surface area contributed by atoms with Gasteiger partial charge in [-0.3, -0.25) is 14.5 Å². The van der Waals surface area contributed by atoms with Crippen LogP contribution in [0, 0.1) is 0 Å². The Morgan fingerprint density at radius 3 is 2.70 bits per heavy atom. The van der Waals surface area contributed by atoms with E-state index in [1.54, 1.807) is 6.92 Å². The first-order valence-electron chi connectivity index (χ1n) is 7.19. The first-order valence-corrected chi connectivity index (χ1v) is 7.19. The molecule has 108 valence electrons. The van der Waals surface area contributed by atoms with Crippen LogP contribution in [0.25, 0.3) is 0 Å². The van der Waals surface area contributed by atoms with Gasteiger partial charge in [-0.1, -0.05) is 18.2 Å². The number of hydrogen-bond donors (Lipinski definition) is 1. The summed E-state index contributed by atoms with van der Waals surface area (Å²) in [6.45, 7) is 4.42. The van der Waals surface area contributed by atoms with E-state index in [0.717, 1.165) is 25.1 Å². The zero-order valence-corrected chi connectivity index (χ0v) is 12.1. The van der Waals surface area contributed by atoms with Crippen LogP contribution < -0.4 is 5.32 Å². The highest BCUT2D eigenvalue weighted by Crippen LogP contribution is 2.23. The normalized spacial score (nSPS) is 20.6. The Balaban J connectivity index is 1.97. The number of amides is 1. The monoisotopic (exact) mass is 274 g/mol. The van der Waals surface area contributed by atoms with Crippen molar-refractivity contribution in [2.75, 3.05) is 11.9 Å². The maximum absolute atomic E-state index is 12.3. The molecule has 2 unspecified atom stereocenters. The predicted octanol–water partition coefficient (Wildman–Crippen LogP) is 2.46. The van der Waals surface area contributed by atoms with Crippen molar-refractivity contribution in [3.05, 3.63) is 30.3 Å². The molecule has 2 rings (SSSR count). The molecule has 0 bridgehead atoms. The smallest absolute Gasteiger partial charge is 0.241 e. The van der Waals surface area contributed by atoms with Gasteiger partial charge in [0.05, 0.1) is 6.04 Å². The molecule has 2 atom stereocenters. The number of carbonyl (C=O) groups is 2. The highest BCUT2D eigenvalue weighted by Gasteiger charge is 2.32. The SMILES string of the molecule is CC(=O)CC1CCCN1C(C)C(=O)Nc1ccccc1. The molecule has 0 radical (unpaired) electrons. The highest BCUT2D eigenvalue weighted by molar-refractivity contribution is 5.94. The number of likely N-dealkylation sites (tertiary alicyclic amines) is 1. The van der Waals surface area contributed by atoms with E-state index < -0.39 is 0 Å². The molecular formula is C16H22N2O2. The third-order valence-corrected chi connectivity index (χ3v) is 3.86. The molecule has 4 heteroatoms. The van der Waals surface area contributed by atoms with Gasteiger partial charge in [-0.25, -0.2) is 0 Å². The van der Waals surface area contributed by atoms with Crippen molar-refractivity contribution in [3.63, 3.8) is 0 Å². The van der Waals surface area contributed by atoms with Gasteiger partial charge in [-0.15, -0.1) is 0 Å². The van der Waals surface area contributed by atoms with Gasteiger partial charge in [0.25, 0.3) is 0 Å². The summed E-state index contributed by atoms with van der Waals surface area (Å²) in [5, 5.41) is 2.93. The Hall–Kier alpha value is -1.68. The van der Waals surface area contributed by atoms with E-state index in [-0.39, 0.29) is 23.8 Å². The highest BCUT2D eigenvalue weighted by atomic mass is 16.2. The molecule has 1 aromatic rings. The first kappa shape index (κ1) is 14.7. The van der Waals surface area contributed by atoms with Gasteiger partial charge in [0.2, 0.25) is 5.91 Å². The quantitative estimate of drug-likeness (QED) is 0.897. The number of anilines is 1. The van der Waals surface area contributed by atoms with Gasteiger partial charge in [-0.05, 0) is 45.4 Å². The van der Waals surface area contributed by atoms with Gasteiger partial charge >= 0.3 is 0 Å². The molecule has 4 nitrogen and oxygen atoms in total. The Bertz CT molecular complexity index is 473. The molecule has 1 amide bonds. The van der Waals surface area contributed by atoms with Crippen LogP contribution in [0.3, 0.4) is 0 Å². The molecule has 1 fully saturated rings. The molecule has 1 heterocycles. The van der Waals surface area contributed by atoms with E-state index in [1.165, 1.54) is 0 Å². The van der Waals surface area contributed by atoms with E-state index >= 15 is 0 Å². The van der Waals surface area contributed by atoms with Gasteiger partial charge < -0.3 is 5.32 Å². The summed E-state index contributed by atoms with van der Waals surface area (Å²) >= 11 is 0. The predicted molar refractivity (Wildman–Crippen MR) is 79.6 cm³/mol. The average molecular weight is 274 g/mol. The lowest BCUT2D eigenvalue weighted by Gasteiger charge is -2.29. The van der Waals surface area contributed by atoms with Crippen molar-refractivity contribution in [1.29, 1.82) is 0 Å². The number of rotatable bonds is 5. The van der Waals surface area contributed by atoms with Crippen LogP contribution in [0.15, 0.2) is 30.3 Å². The van der Waals surface area contributed by atoms with E-state index in [2.05, 4.69) is 10.2 Å².